The lowest BCUT2D eigenvalue weighted by Crippen LogP contribution is -2.25. The zero-order valence-electron chi connectivity index (χ0n) is 12.1. The van der Waals surface area contributed by atoms with Gasteiger partial charge in [-0.1, -0.05) is 28.1 Å². The van der Waals surface area contributed by atoms with Crippen molar-refractivity contribution in [1.29, 1.82) is 0 Å². The molecule has 0 spiro atoms. The van der Waals surface area contributed by atoms with Crippen LogP contribution in [0.3, 0.4) is 0 Å². The molecule has 0 amide bonds. The molecular formula is C16H17BrN2O2. The highest BCUT2D eigenvalue weighted by Crippen LogP contribution is 2.13. The van der Waals surface area contributed by atoms with Gasteiger partial charge < -0.3 is 0 Å². The van der Waals surface area contributed by atoms with E-state index in [9.17, 15) is 9.59 Å². The summed E-state index contributed by atoms with van der Waals surface area (Å²) in [4.78, 5) is 27.8. The number of ketones is 1. The van der Waals surface area contributed by atoms with E-state index in [-0.39, 0.29) is 11.5 Å². The molecule has 0 saturated carbocycles. The van der Waals surface area contributed by atoms with Crippen LogP contribution in [-0.2, 0) is 6.54 Å². The fourth-order valence-corrected chi connectivity index (χ4v) is 2.49. The number of rotatable bonds is 5. The lowest BCUT2D eigenvalue weighted by atomic mass is 10.1. The number of aromatic nitrogens is 2. The summed E-state index contributed by atoms with van der Waals surface area (Å²) in [6.07, 6.45) is 1.04. The molecule has 2 rings (SSSR count). The predicted molar refractivity (Wildman–Crippen MR) is 85.7 cm³/mol. The van der Waals surface area contributed by atoms with Gasteiger partial charge in [0.25, 0.3) is 0 Å². The molecule has 0 aliphatic heterocycles. The van der Waals surface area contributed by atoms with E-state index < -0.39 is 0 Å². The minimum absolute atomic E-state index is 0.0910. The van der Waals surface area contributed by atoms with Crippen molar-refractivity contribution in [3.63, 3.8) is 0 Å². The van der Waals surface area contributed by atoms with Crippen molar-refractivity contribution >= 4 is 21.7 Å². The third kappa shape index (κ3) is 4.11. The smallest absolute Gasteiger partial charge is 0.297 e. The van der Waals surface area contributed by atoms with Crippen molar-refractivity contribution in [2.45, 2.75) is 33.2 Å². The molecule has 2 aromatic rings. The van der Waals surface area contributed by atoms with E-state index >= 15 is 0 Å². The molecule has 1 heterocycles. The fraction of sp³-hybridized carbons (Fsp3) is 0.312. The maximum absolute atomic E-state index is 12.1. The van der Waals surface area contributed by atoms with Gasteiger partial charge in [-0.05, 0) is 38.5 Å². The molecule has 0 N–H and O–H groups in total. The first kappa shape index (κ1) is 15.6. The van der Waals surface area contributed by atoms with E-state index in [1.807, 2.05) is 25.1 Å². The summed E-state index contributed by atoms with van der Waals surface area (Å²) in [6.45, 7) is 4.20. The predicted octanol–water partition coefficient (Wildman–Crippen LogP) is 3.29. The molecule has 0 radical (unpaired) electrons. The number of carbonyl (C=O) groups is 1. The Morgan fingerprint density at radius 2 is 1.90 bits per heavy atom. The Hall–Kier alpha value is -1.75. The monoisotopic (exact) mass is 348 g/mol. The van der Waals surface area contributed by atoms with Crippen LogP contribution in [0.5, 0.6) is 0 Å². The SMILES string of the molecule is Cc1cc(C)n(CCCC(=O)c2ccc(Br)cc2)c(=O)n1. The summed E-state index contributed by atoms with van der Waals surface area (Å²) < 4.78 is 2.56. The molecule has 4 nitrogen and oxygen atoms in total. The van der Waals surface area contributed by atoms with Gasteiger partial charge in [0.05, 0.1) is 0 Å². The number of carbonyl (C=O) groups excluding carboxylic acids is 1. The van der Waals surface area contributed by atoms with Crippen LogP contribution in [0.25, 0.3) is 0 Å². The van der Waals surface area contributed by atoms with Crippen molar-refractivity contribution < 1.29 is 4.79 Å². The molecule has 21 heavy (non-hydrogen) atoms. The van der Waals surface area contributed by atoms with Crippen molar-refractivity contribution in [3.8, 4) is 0 Å². The number of nitrogens with zero attached hydrogens (tertiary/aromatic N) is 2. The average molecular weight is 349 g/mol. The Kier molecular flexibility index (Phi) is 5.07. The molecule has 110 valence electrons. The molecule has 0 atom stereocenters. The van der Waals surface area contributed by atoms with E-state index in [0.29, 0.717) is 24.9 Å². The highest BCUT2D eigenvalue weighted by Gasteiger charge is 2.07. The lowest BCUT2D eigenvalue weighted by Gasteiger charge is -2.09. The molecule has 0 saturated heterocycles. The van der Waals surface area contributed by atoms with Gasteiger partial charge in [0.1, 0.15) is 0 Å². The minimum Gasteiger partial charge on any atom is -0.297 e. The van der Waals surface area contributed by atoms with Gasteiger partial charge in [0.2, 0.25) is 0 Å². The molecule has 5 heteroatoms. The highest BCUT2D eigenvalue weighted by atomic mass is 79.9. The van der Waals surface area contributed by atoms with E-state index in [2.05, 4.69) is 20.9 Å². The van der Waals surface area contributed by atoms with Crippen LogP contribution in [0.1, 0.15) is 34.6 Å². The van der Waals surface area contributed by atoms with E-state index in [1.54, 1.807) is 23.6 Å². The summed E-state index contributed by atoms with van der Waals surface area (Å²) in [5.41, 5.74) is 2.05. The first-order chi connectivity index (χ1) is 9.97. The van der Waals surface area contributed by atoms with Crippen LogP contribution in [0.4, 0.5) is 0 Å². The summed E-state index contributed by atoms with van der Waals surface area (Å²) in [5, 5.41) is 0. The summed E-state index contributed by atoms with van der Waals surface area (Å²) >= 11 is 3.34. The molecule has 0 aliphatic rings. The van der Waals surface area contributed by atoms with E-state index in [4.69, 9.17) is 0 Å². The maximum atomic E-state index is 12.1. The standard InChI is InChI=1S/C16H17BrN2O2/c1-11-10-12(2)19(16(21)18-11)9-3-4-15(20)13-5-7-14(17)8-6-13/h5-8,10H,3-4,9H2,1-2H3. The van der Waals surface area contributed by atoms with Crippen molar-refractivity contribution in [2.24, 2.45) is 0 Å². The number of hydrogen-bond donors (Lipinski definition) is 0. The second-order valence-electron chi connectivity index (χ2n) is 5.01. The zero-order chi connectivity index (χ0) is 15.4. The van der Waals surface area contributed by atoms with Crippen molar-refractivity contribution in [3.05, 3.63) is 62.2 Å². The molecule has 0 fully saturated rings. The number of halogens is 1. The number of hydrogen-bond acceptors (Lipinski definition) is 3. The molecule has 0 bridgehead atoms. The van der Waals surface area contributed by atoms with Gasteiger partial charge in [0, 0.05) is 34.4 Å². The Labute approximate surface area is 132 Å². The first-order valence-electron chi connectivity index (χ1n) is 6.81. The summed E-state index contributed by atoms with van der Waals surface area (Å²) in [7, 11) is 0. The van der Waals surface area contributed by atoms with Crippen LogP contribution >= 0.6 is 15.9 Å². The number of benzene rings is 1. The number of Topliss-reactive ketones (excluding diaryl/α,β-unsaturated/α-hetero) is 1. The quantitative estimate of drug-likeness (QED) is 0.779. The van der Waals surface area contributed by atoms with E-state index in [0.717, 1.165) is 15.9 Å². The Morgan fingerprint density at radius 3 is 2.52 bits per heavy atom. The third-order valence-corrected chi connectivity index (χ3v) is 3.83. The normalized spacial score (nSPS) is 10.6. The average Bonchev–Trinajstić information content (AvgIpc) is 2.42. The van der Waals surface area contributed by atoms with Crippen LogP contribution < -0.4 is 5.69 Å². The maximum Gasteiger partial charge on any atom is 0.347 e. The minimum atomic E-state index is -0.247. The zero-order valence-corrected chi connectivity index (χ0v) is 13.7. The van der Waals surface area contributed by atoms with Gasteiger partial charge in [0.15, 0.2) is 5.78 Å². The van der Waals surface area contributed by atoms with Gasteiger partial charge in [-0.25, -0.2) is 4.79 Å². The Balaban J connectivity index is 1.97. The first-order valence-corrected chi connectivity index (χ1v) is 7.60. The topological polar surface area (TPSA) is 52.0 Å². The summed E-state index contributed by atoms with van der Waals surface area (Å²) in [6, 6.07) is 9.18. The lowest BCUT2D eigenvalue weighted by molar-refractivity contribution is 0.0978. The van der Waals surface area contributed by atoms with Gasteiger partial charge >= 0.3 is 5.69 Å². The molecule has 1 aromatic carbocycles. The largest absolute Gasteiger partial charge is 0.347 e. The van der Waals surface area contributed by atoms with Gasteiger partial charge in [-0.15, -0.1) is 0 Å². The van der Waals surface area contributed by atoms with Crippen LogP contribution in [0.15, 0.2) is 39.6 Å². The van der Waals surface area contributed by atoms with Gasteiger partial charge in [-0.2, -0.15) is 4.98 Å². The molecule has 0 unspecified atom stereocenters. The van der Waals surface area contributed by atoms with E-state index in [1.165, 1.54) is 0 Å². The third-order valence-electron chi connectivity index (χ3n) is 3.30. The second kappa shape index (κ2) is 6.80. The van der Waals surface area contributed by atoms with Crippen LogP contribution in [0.2, 0.25) is 0 Å². The summed E-state index contributed by atoms with van der Waals surface area (Å²) in [5.74, 6) is 0.0910. The van der Waals surface area contributed by atoms with Crippen LogP contribution in [0, 0.1) is 13.8 Å². The highest BCUT2D eigenvalue weighted by molar-refractivity contribution is 9.10. The number of aryl methyl sites for hydroxylation is 2. The Bertz CT molecular complexity index is 705. The van der Waals surface area contributed by atoms with Crippen LogP contribution in [-0.4, -0.2) is 15.3 Å². The van der Waals surface area contributed by atoms with Crippen molar-refractivity contribution in [1.82, 2.24) is 9.55 Å². The molecule has 1 aromatic heterocycles. The van der Waals surface area contributed by atoms with Gasteiger partial charge in [-0.3, -0.25) is 9.36 Å². The molecule has 0 aliphatic carbocycles. The van der Waals surface area contributed by atoms with Crippen molar-refractivity contribution in [2.75, 3.05) is 0 Å². The second-order valence-corrected chi connectivity index (χ2v) is 5.92. The fourth-order valence-electron chi connectivity index (χ4n) is 2.22. The molecular weight excluding hydrogens is 332 g/mol. The Morgan fingerprint density at radius 1 is 1.24 bits per heavy atom.